The fourth-order valence-corrected chi connectivity index (χ4v) is 1.86. The zero-order valence-electron chi connectivity index (χ0n) is 13.6. The van der Waals surface area contributed by atoms with Crippen molar-refractivity contribution in [1.82, 2.24) is 9.80 Å². The molecule has 0 bridgehead atoms. The number of hydrogen-bond donors (Lipinski definition) is 1. The van der Waals surface area contributed by atoms with E-state index in [1.807, 2.05) is 76.1 Å². The Balaban J connectivity index is 0.00000106. The zero-order valence-corrected chi connectivity index (χ0v) is 13.6. The van der Waals surface area contributed by atoms with Gasteiger partial charge in [-0.25, -0.2) is 4.99 Å². The number of rotatable bonds is 1. The van der Waals surface area contributed by atoms with Crippen molar-refractivity contribution in [3.8, 4) is 0 Å². The van der Waals surface area contributed by atoms with Gasteiger partial charge in [0, 0.05) is 34.4 Å². The molecule has 0 radical (unpaired) electrons. The Bertz CT molecular complexity index is 559. The first-order valence-corrected chi connectivity index (χ1v) is 7.04. The van der Waals surface area contributed by atoms with Crippen molar-refractivity contribution < 1.29 is 4.79 Å². The van der Waals surface area contributed by atoms with E-state index in [1.165, 1.54) is 0 Å². The molecular weight excluding hydrogens is 264 g/mol. The maximum atomic E-state index is 12.3. The number of nitrogens with one attached hydrogen (secondary N) is 1. The summed E-state index contributed by atoms with van der Waals surface area (Å²) < 4.78 is 0. The molecule has 1 aliphatic heterocycles. The van der Waals surface area contributed by atoms with Crippen LogP contribution < -0.4 is 5.32 Å². The lowest BCUT2D eigenvalue weighted by atomic mass is 10.2. The highest BCUT2D eigenvalue weighted by atomic mass is 16.1. The van der Waals surface area contributed by atoms with Gasteiger partial charge >= 0.3 is 0 Å². The van der Waals surface area contributed by atoms with Crippen molar-refractivity contribution in [2.75, 3.05) is 33.5 Å². The number of amides is 1. The number of fused-ring (bicyclic) bond motifs is 1. The molecule has 1 amide bonds. The van der Waals surface area contributed by atoms with Gasteiger partial charge in [-0.05, 0) is 12.1 Å². The first kappa shape index (κ1) is 16.8. The third-order valence-electron chi connectivity index (χ3n) is 2.68. The van der Waals surface area contributed by atoms with Crippen LogP contribution in [-0.2, 0) is 4.79 Å². The Labute approximate surface area is 127 Å². The summed E-state index contributed by atoms with van der Waals surface area (Å²) in [5.41, 5.74) is 2.04. The van der Waals surface area contributed by atoms with Gasteiger partial charge in [-0.3, -0.25) is 4.79 Å². The largest absolute Gasteiger partial charge is 0.383 e. The van der Waals surface area contributed by atoms with Gasteiger partial charge in [0.2, 0.25) is 0 Å². The molecule has 114 valence electrons. The van der Waals surface area contributed by atoms with Gasteiger partial charge in [0.05, 0.1) is 16.9 Å². The second kappa shape index (κ2) is 7.47. The monoisotopic (exact) mass is 288 g/mol. The average Bonchev–Trinajstić information content (AvgIpc) is 2.58. The molecule has 5 nitrogen and oxygen atoms in total. The van der Waals surface area contributed by atoms with Crippen LogP contribution in [-0.4, -0.2) is 49.7 Å². The van der Waals surface area contributed by atoms with E-state index in [4.69, 9.17) is 0 Å². The minimum absolute atomic E-state index is 0.147. The van der Waals surface area contributed by atoms with E-state index in [1.54, 1.807) is 6.20 Å². The Kier molecular flexibility index (Phi) is 5.96. The predicted octanol–water partition coefficient (Wildman–Crippen LogP) is 2.70. The van der Waals surface area contributed by atoms with Crippen LogP contribution >= 0.6 is 0 Å². The van der Waals surface area contributed by atoms with E-state index in [-0.39, 0.29) is 5.91 Å². The van der Waals surface area contributed by atoms with Crippen molar-refractivity contribution in [2.45, 2.75) is 13.8 Å². The van der Waals surface area contributed by atoms with Crippen LogP contribution in [0.5, 0.6) is 0 Å². The maximum Gasteiger partial charge on any atom is 0.260 e. The lowest BCUT2D eigenvalue weighted by Gasteiger charge is -2.17. The molecular formula is C16H24N4O. The standard InChI is InChI=1S/C14H18N4O.C2H6/c1-17(2)9-10-13(18(3)4)15-11-7-5-6-8-12(11)16-14(10)19;1-2/h5-9H,1-4H3,(H,16,19);1-2H3. The number of anilines is 1. The number of aliphatic imine (C=N–C) groups is 1. The van der Waals surface area contributed by atoms with Gasteiger partial charge in [0.15, 0.2) is 0 Å². The van der Waals surface area contributed by atoms with Gasteiger partial charge in [-0.15, -0.1) is 0 Å². The summed E-state index contributed by atoms with van der Waals surface area (Å²) in [7, 11) is 7.52. The van der Waals surface area contributed by atoms with E-state index in [9.17, 15) is 4.79 Å². The van der Waals surface area contributed by atoms with Gasteiger partial charge in [-0.2, -0.15) is 0 Å². The molecule has 0 saturated carbocycles. The minimum Gasteiger partial charge on any atom is -0.383 e. The average molecular weight is 288 g/mol. The summed E-state index contributed by atoms with van der Waals surface area (Å²) in [4.78, 5) is 20.6. The predicted molar refractivity (Wildman–Crippen MR) is 89.0 cm³/mol. The molecule has 0 aliphatic carbocycles. The van der Waals surface area contributed by atoms with E-state index in [2.05, 4.69) is 10.3 Å². The number of para-hydroxylation sites is 2. The van der Waals surface area contributed by atoms with E-state index >= 15 is 0 Å². The molecule has 0 saturated heterocycles. The second-order valence-electron chi connectivity index (χ2n) is 4.81. The Morgan fingerprint density at radius 3 is 2.29 bits per heavy atom. The molecule has 1 N–H and O–H groups in total. The minimum atomic E-state index is -0.147. The van der Waals surface area contributed by atoms with Crippen molar-refractivity contribution >= 4 is 23.1 Å². The van der Waals surface area contributed by atoms with E-state index < -0.39 is 0 Å². The second-order valence-corrected chi connectivity index (χ2v) is 4.81. The maximum absolute atomic E-state index is 12.3. The van der Waals surface area contributed by atoms with E-state index in [0.717, 1.165) is 11.4 Å². The number of nitrogens with zero attached hydrogens (tertiary/aromatic N) is 3. The lowest BCUT2D eigenvalue weighted by molar-refractivity contribution is -0.112. The summed E-state index contributed by atoms with van der Waals surface area (Å²) >= 11 is 0. The summed E-state index contributed by atoms with van der Waals surface area (Å²) in [6.07, 6.45) is 1.78. The molecule has 0 atom stereocenters. The van der Waals surface area contributed by atoms with Crippen LogP contribution in [0.15, 0.2) is 41.0 Å². The van der Waals surface area contributed by atoms with E-state index in [0.29, 0.717) is 11.4 Å². The van der Waals surface area contributed by atoms with Crippen LogP contribution in [0.25, 0.3) is 0 Å². The van der Waals surface area contributed by atoms with Gasteiger partial charge in [0.25, 0.3) is 5.91 Å². The van der Waals surface area contributed by atoms with Crippen molar-refractivity contribution in [2.24, 2.45) is 4.99 Å². The summed E-state index contributed by atoms with van der Waals surface area (Å²) in [6, 6.07) is 7.52. The smallest absolute Gasteiger partial charge is 0.260 e. The number of amidine groups is 1. The van der Waals surface area contributed by atoms with Gasteiger partial charge in [-0.1, -0.05) is 26.0 Å². The molecule has 0 aromatic heterocycles. The van der Waals surface area contributed by atoms with Crippen LogP contribution in [0.4, 0.5) is 11.4 Å². The molecule has 1 aromatic carbocycles. The van der Waals surface area contributed by atoms with Crippen molar-refractivity contribution in [1.29, 1.82) is 0 Å². The molecule has 5 heteroatoms. The third kappa shape index (κ3) is 4.08. The Hall–Kier alpha value is -2.30. The molecule has 0 spiro atoms. The first-order chi connectivity index (χ1) is 9.99. The van der Waals surface area contributed by atoms with Gasteiger partial charge in [0.1, 0.15) is 5.84 Å². The summed E-state index contributed by atoms with van der Waals surface area (Å²) in [6.45, 7) is 4.00. The Morgan fingerprint density at radius 2 is 1.71 bits per heavy atom. The highest BCUT2D eigenvalue weighted by Gasteiger charge is 2.23. The number of likely N-dealkylation sites (N-methyl/N-ethyl adjacent to an activating group) is 1. The SMILES string of the molecule is CC.CN(C)C=C1C(=O)Nc2ccccc2N=C1N(C)C. The van der Waals surface area contributed by atoms with Gasteiger partial charge < -0.3 is 15.1 Å². The normalized spacial score (nSPS) is 15.0. The Morgan fingerprint density at radius 1 is 1.10 bits per heavy atom. The molecule has 2 rings (SSSR count). The highest BCUT2D eigenvalue weighted by molar-refractivity contribution is 6.26. The molecule has 1 aliphatic rings. The highest BCUT2D eigenvalue weighted by Crippen LogP contribution is 2.28. The summed E-state index contributed by atoms with van der Waals surface area (Å²) in [5, 5.41) is 2.89. The molecule has 0 fully saturated rings. The van der Waals surface area contributed by atoms with Crippen molar-refractivity contribution in [3.63, 3.8) is 0 Å². The fraction of sp³-hybridized carbons (Fsp3) is 0.375. The lowest BCUT2D eigenvalue weighted by Crippen LogP contribution is -2.30. The first-order valence-electron chi connectivity index (χ1n) is 7.04. The molecule has 0 unspecified atom stereocenters. The number of carbonyl (C=O) groups excluding carboxylic acids is 1. The molecule has 1 aromatic rings. The fourth-order valence-electron chi connectivity index (χ4n) is 1.86. The molecule has 1 heterocycles. The summed E-state index contributed by atoms with van der Waals surface area (Å²) in [5.74, 6) is 0.502. The number of carbonyl (C=O) groups is 1. The topological polar surface area (TPSA) is 47.9 Å². The zero-order chi connectivity index (χ0) is 16.0. The molecule has 21 heavy (non-hydrogen) atoms. The van der Waals surface area contributed by atoms with Crippen LogP contribution in [0.2, 0.25) is 0 Å². The van der Waals surface area contributed by atoms with Crippen LogP contribution in [0.3, 0.4) is 0 Å². The quantitative estimate of drug-likeness (QED) is 0.808. The number of hydrogen-bond acceptors (Lipinski definition) is 4. The third-order valence-corrected chi connectivity index (χ3v) is 2.68. The van der Waals surface area contributed by atoms with Crippen LogP contribution in [0.1, 0.15) is 13.8 Å². The van der Waals surface area contributed by atoms with Crippen molar-refractivity contribution in [3.05, 3.63) is 36.0 Å². The number of benzene rings is 1. The van der Waals surface area contributed by atoms with Crippen LogP contribution in [0, 0.1) is 0 Å².